The smallest absolute Gasteiger partial charge is 0.243 e. The Kier molecular flexibility index (Phi) is 4.88. The lowest BCUT2D eigenvalue weighted by Crippen LogP contribution is -2.27. The number of rotatable bonds is 4. The number of hydrogen-bond acceptors (Lipinski definition) is 7. The molecule has 0 saturated carbocycles. The minimum atomic E-state index is 0.117. The predicted octanol–water partition coefficient (Wildman–Crippen LogP) is 3.04. The van der Waals surface area contributed by atoms with E-state index in [2.05, 4.69) is 14.9 Å². The maximum absolute atomic E-state index is 12.1. The first-order valence-corrected chi connectivity index (χ1v) is 11.0. The van der Waals surface area contributed by atoms with Crippen molar-refractivity contribution in [3.8, 4) is 0 Å². The number of halogens is 1. The van der Waals surface area contributed by atoms with Crippen LogP contribution in [0.2, 0.25) is 5.02 Å². The van der Waals surface area contributed by atoms with E-state index in [0.717, 1.165) is 52.5 Å². The largest absolute Gasteiger partial charge is 0.618 e. The van der Waals surface area contributed by atoms with Gasteiger partial charge in [0.1, 0.15) is 17.0 Å². The summed E-state index contributed by atoms with van der Waals surface area (Å²) in [4.78, 5) is 20.2. The molecule has 3 N–H and O–H groups in total. The van der Waals surface area contributed by atoms with Gasteiger partial charge in [0.25, 0.3) is 0 Å². The molecule has 1 saturated heterocycles. The number of aryl methyl sites for hydroxylation is 1. The Bertz CT molecular complexity index is 1260. The van der Waals surface area contributed by atoms with Crippen molar-refractivity contribution in [3.05, 3.63) is 46.5 Å². The van der Waals surface area contributed by atoms with Crippen LogP contribution in [0.25, 0.3) is 22.1 Å². The summed E-state index contributed by atoms with van der Waals surface area (Å²) in [5.74, 6) is 0.795. The average Bonchev–Trinajstić information content (AvgIpc) is 3.31. The quantitative estimate of drug-likeness (QED) is 0.284. The summed E-state index contributed by atoms with van der Waals surface area (Å²) in [5.41, 5.74) is 8.92. The van der Waals surface area contributed by atoms with Crippen molar-refractivity contribution in [2.24, 2.45) is 5.73 Å². The van der Waals surface area contributed by atoms with Crippen molar-refractivity contribution in [3.63, 3.8) is 0 Å². The van der Waals surface area contributed by atoms with Gasteiger partial charge in [0, 0.05) is 48.1 Å². The lowest BCUT2D eigenvalue weighted by atomic mass is 10.3. The zero-order chi connectivity index (χ0) is 20.8. The van der Waals surface area contributed by atoms with Gasteiger partial charge in [-0.2, -0.15) is 4.73 Å². The van der Waals surface area contributed by atoms with E-state index in [4.69, 9.17) is 27.3 Å². The van der Waals surface area contributed by atoms with Gasteiger partial charge in [0.05, 0.1) is 10.4 Å². The first kappa shape index (κ1) is 19.3. The summed E-state index contributed by atoms with van der Waals surface area (Å²) in [6.45, 7) is 3.60. The molecule has 1 atom stereocenters. The van der Waals surface area contributed by atoms with Crippen LogP contribution in [-0.2, 0) is 6.42 Å². The molecule has 0 bridgehead atoms. The van der Waals surface area contributed by atoms with Crippen molar-refractivity contribution in [2.75, 3.05) is 18.0 Å². The van der Waals surface area contributed by atoms with Gasteiger partial charge in [-0.25, -0.2) is 15.0 Å². The lowest BCUT2D eigenvalue weighted by molar-refractivity contribution is -0.577. The molecule has 4 aromatic heterocycles. The van der Waals surface area contributed by atoms with E-state index in [-0.39, 0.29) is 6.04 Å². The SMILES string of the molecule is CCc1[nH]c2nc(Sc3cnc4ccc[n+]([O-])c4c3)nc(N3CC[C@H](N)C3)c2c1Cl. The molecule has 0 amide bonds. The van der Waals surface area contributed by atoms with Crippen molar-refractivity contribution in [2.45, 2.75) is 35.9 Å². The van der Waals surface area contributed by atoms with E-state index >= 15 is 0 Å². The third-order valence-corrected chi connectivity index (χ3v) is 6.54. The van der Waals surface area contributed by atoms with Crippen molar-refractivity contribution < 1.29 is 4.73 Å². The molecule has 1 fully saturated rings. The molecule has 0 unspecified atom stereocenters. The molecular weight excluding hydrogens is 422 g/mol. The third kappa shape index (κ3) is 3.32. The highest BCUT2D eigenvalue weighted by atomic mass is 35.5. The molecule has 8 nitrogen and oxygen atoms in total. The molecule has 1 aliphatic heterocycles. The van der Waals surface area contributed by atoms with Crippen LogP contribution >= 0.6 is 23.4 Å². The molecule has 10 heteroatoms. The van der Waals surface area contributed by atoms with Gasteiger partial charge in [0.15, 0.2) is 11.4 Å². The maximum Gasteiger partial charge on any atom is 0.243 e. The summed E-state index contributed by atoms with van der Waals surface area (Å²) in [7, 11) is 0. The summed E-state index contributed by atoms with van der Waals surface area (Å²) < 4.78 is 0.811. The zero-order valence-electron chi connectivity index (χ0n) is 16.3. The number of nitrogens with zero attached hydrogens (tertiary/aromatic N) is 5. The molecule has 5 heterocycles. The average molecular weight is 442 g/mol. The number of aromatic amines is 1. The van der Waals surface area contributed by atoms with Crippen molar-refractivity contribution in [1.29, 1.82) is 0 Å². The molecule has 154 valence electrons. The minimum Gasteiger partial charge on any atom is -0.618 e. The normalized spacial score (nSPS) is 16.8. The van der Waals surface area contributed by atoms with E-state index in [9.17, 15) is 5.21 Å². The van der Waals surface area contributed by atoms with Crippen LogP contribution in [0.4, 0.5) is 5.82 Å². The number of aromatic nitrogens is 5. The molecule has 0 aromatic carbocycles. The van der Waals surface area contributed by atoms with E-state index < -0.39 is 0 Å². The second-order valence-corrected chi connectivity index (χ2v) is 8.75. The highest BCUT2D eigenvalue weighted by molar-refractivity contribution is 7.99. The minimum absolute atomic E-state index is 0.117. The van der Waals surface area contributed by atoms with Crippen LogP contribution < -0.4 is 15.4 Å². The molecule has 4 aromatic rings. The number of hydrogen-bond donors (Lipinski definition) is 2. The Morgan fingerprint density at radius 1 is 1.43 bits per heavy atom. The van der Waals surface area contributed by atoms with E-state index in [1.54, 1.807) is 18.3 Å². The summed E-state index contributed by atoms with van der Waals surface area (Å²) in [5, 5.41) is 14.2. The van der Waals surface area contributed by atoms with Crippen molar-refractivity contribution in [1.82, 2.24) is 19.9 Å². The van der Waals surface area contributed by atoms with E-state index in [1.165, 1.54) is 18.0 Å². The Morgan fingerprint density at radius 2 is 2.30 bits per heavy atom. The van der Waals surface area contributed by atoms with Gasteiger partial charge in [0.2, 0.25) is 5.52 Å². The molecule has 30 heavy (non-hydrogen) atoms. The van der Waals surface area contributed by atoms with Gasteiger partial charge >= 0.3 is 0 Å². The molecular formula is C20H20ClN7OS. The maximum atomic E-state index is 12.1. The number of H-pyrrole nitrogens is 1. The Labute approximate surface area is 182 Å². The van der Waals surface area contributed by atoms with Gasteiger partial charge in [-0.1, -0.05) is 18.5 Å². The number of nitrogens with two attached hydrogens (primary N) is 1. The fourth-order valence-corrected chi connectivity index (χ4v) is 4.88. The number of nitrogens with one attached hydrogen (secondary N) is 1. The Balaban J connectivity index is 1.60. The second-order valence-electron chi connectivity index (χ2n) is 7.33. The van der Waals surface area contributed by atoms with Gasteiger partial charge < -0.3 is 20.8 Å². The zero-order valence-corrected chi connectivity index (χ0v) is 17.9. The first-order chi connectivity index (χ1) is 14.5. The van der Waals surface area contributed by atoms with Crippen molar-refractivity contribution >= 4 is 51.2 Å². The van der Waals surface area contributed by atoms with Crippen LogP contribution in [0, 0.1) is 5.21 Å². The third-order valence-electron chi connectivity index (χ3n) is 5.30. The number of fused-ring (bicyclic) bond motifs is 2. The Morgan fingerprint density at radius 3 is 3.07 bits per heavy atom. The summed E-state index contributed by atoms with van der Waals surface area (Å²) in [6, 6.07) is 5.41. The van der Waals surface area contributed by atoms with Crippen LogP contribution in [0.5, 0.6) is 0 Å². The molecule has 5 rings (SSSR count). The standard InChI is InChI=1S/C20H20ClN7OS/c1-2-13-17(21)16-18(24-13)25-20(26-19(16)27-7-5-11(22)10-27)30-12-8-15-14(23-9-12)4-3-6-28(15)29/h3-4,6,8-9,11H,2,5,7,10,22H2,1H3,(H,24,25,26)/t11-/m0/s1. The second kappa shape index (κ2) is 7.57. The summed E-state index contributed by atoms with van der Waals surface area (Å²) in [6.07, 6.45) is 4.87. The summed E-state index contributed by atoms with van der Waals surface area (Å²) >= 11 is 8.01. The monoisotopic (exact) mass is 441 g/mol. The molecule has 0 aliphatic carbocycles. The fourth-order valence-electron chi connectivity index (χ4n) is 3.77. The number of anilines is 1. The van der Waals surface area contributed by atoms with Gasteiger partial charge in [-0.05, 0) is 30.7 Å². The highest BCUT2D eigenvalue weighted by Gasteiger charge is 2.26. The lowest BCUT2D eigenvalue weighted by Gasteiger charge is -2.18. The van der Waals surface area contributed by atoms with Crippen LogP contribution in [-0.4, -0.2) is 39.1 Å². The first-order valence-electron chi connectivity index (χ1n) is 9.78. The molecule has 0 radical (unpaired) electrons. The molecule has 1 aliphatic rings. The molecule has 0 spiro atoms. The van der Waals surface area contributed by atoms with E-state index in [0.29, 0.717) is 26.9 Å². The van der Waals surface area contributed by atoms with E-state index in [1.807, 2.05) is 13.0 Å². The fraction of sp³-hybridized carbons (Fsp3) is 0.300. The Hall–Kier alpha value is -2.62. The van der Waals surface area contributed by atoms with Gasteiger partial charge in [-0.3, -0.25) is 0 Å². The predicted molar refractivity (Wildman–Crippen MR) is 118 cm³/mol. The highest BCUT2D eigenvalue weighted by Crippen LogP contribution is 2.37. The van der Waals surface area contributed by atoms with Crippen LogP contribution in [0.3, 0.4) is 0 Å². The van der Waals surface area contributed by atoms with Crippen LogP contribution in [0.1, 0.15) is 19.0 Å². The van der Waals surface area contributed by atoms with Crippen LogP contribution in [0.15, 0.2) is 40.6 Å². The van der Waals surface area contributed by atoms with Gasteiger partial charge in [-0.15, -0.1) is 0 Å². The topological polar surface area (TPSA) is 111 Å². The number of pyridine rings is 2.